The van der Waals surface area contributed by atoms with Crippen molar-refractivity contribution in [2.45, 2.75) is 45.1 Å². The Balaban J connectivity index is 1.73. The Kier molecular flexibility index (Phi) is 4.10. The summed E-state index contributed by atoms with van der Waals surface area (Å²) in [5, 5.41) is 2.82. The molecule has 0 saturated carbocycles. The number of fused-ring (bicyclic) bond motifs is 1. The van der Waals surface area contributed by atoms with Crippen molar-refractivity contribution in [1.29, 1.82) is 0 Å². The van der Waals surface area contributed by atoms with E-state index < -0.39 is 0 Å². The Morgan fingerprint density at radius 2 is 2.33 bits per heavy atom. The minimum atomic E-state index is -0.298. The lowest BCUT2D eigenvalue weighted by molar-refractivity contribution is 0.0856. The minimum Gasteiger partial charge on any atom is -0.376 e. The molecule has 1 aliphatic heterocycles. The van der Waals surface area contributed by atoms with Crippen LogP contribution in [0.3, 0.4) is 0 Å². The molecule has 2 heterocycles. The van der Waals surface area contributed by atoms with Crippen molar-refractivity contribution in [1.82, 2.24) is 10.3 Å². The molecule has 1 saturated heterocycles. The number of rotatable bonds is 3. The van der Waals surface area contributed by atoms with Crippen LogP contribution in [-0.4, -0.2) is 30.1 Å². The zero-order valence-corrected chi connectivity index (χ0v) is 12.4. The van der Waals surface area contributed by atoms with E-state index in [0.717, 1.165) is 50.0 Å². The molecule has 2 atom stereocenters. The van der Waals surface area contributed by atoms with Crippen molar-refractivity contribution >= 4 is 5.91 Å². The van der Waals surface area contributed by atoms with E-state index in [1.807, 2.05) is 0 Å². The van der Waals surface area contributed by atoms with Crippen LogP contribution in [0.15, 0.2) is 10.9 Å². The SMILES string of the molecule is C[C@H]1CCc2[nH]c(=O)c(C(=O)NC[C@@H]3CCCO3)cc2C1. The average Bonchev–Trinajstić information content (AvgIpc) is 2.98. The highest BCUT2D eigenvalue weighted by molar-refractivity contribution is 5.94. The van der Waals surface area contributed by atoms with E-state index in [1.54, 1.807) is 6.07 Å². The van der Waals surface area contributed by atoms with Gasteiger partial charge < -0.3 is 15.0 Å². The predicted molar refractivity (Wildman–Crippen MR) is 79.6 cm³/mol. The number of nitrogens with one attached hydrogen (secondary N) is 2. The Bertz CT molecular complexity index is 588. The van der Waals surface area contributed by atoms with Gasteiger partial charge >= 0.3 is 0 Å². The Morgan fingerprint density at radius 1 is 1.48 bits per heavy atom. The van der Waals surface area contributed by atoms with Crippen LogP contribution in [0.25, 0.3) is 0 Å². The lowest BCUT2D eigenvalue weighted by Crippen LogP contribution is -2.35. The highest BCUT2D eigenvalue weighted by atomic mass is 16.5. The third-order valence-electron chi connectivity index (χ3n) is 4.43. The topological polar surface area (TPSA) is 71.2 Å². The molecule has 21 heavy (non-hydrogen) atoms. The van der Waals surface area contributed by atoms with Crippen molar-refractivity contribution in [2.75, 3.05) is 13.2 Å². The first kappa shape index (κ1) is 14.3. The maximum absolute atomic E-state index is 12.2. The first-order valence-electron chi connectivity index (χ1n) is 7.78. The monoisotopic (exact) mass is 290 g/mol. The van der Waals surface area contributed by atoms with Crippen molar-refractivity contribution in [3.8, 4) is 0 Å². The van der Waals surface area contributed by atoms with Gasteiger partial charge in [-0.25, -0.2) is 0 Å². The molecule has 1 fully saturated rings. The zero-order chi connectivity index (χ0) is 14.8. The van der Waals surface area contributed by atoms with E-state index in [-0.39, 0.29) is 23.1 Å². The average molecular weight is 290 g/mol. The van der Waals surface area contributed by atoms with Gasteiger partial charge in [-0.05, 0) is 49.7 Å². The Morgan fingerprint density at radius 3 is 3.10 bits per heavy atom. The largest absolute Gasteiger partial charge is 0.376 e. The summed E-state index contributed by atoms with van der Waals surface area (Å²) in [5.41, 5.74) is 2.04. The van der Waals surface area contributed by atoms with Gasteiger partial charge in [-0.3, -0.25) is 9.59 Å². The van der Waals surface area contributed by atoms with Crippen LogP contribution in [-0.2, 0) is 17.6 Å². The summed E-state index contributed by atoms with van der Waals surface area (Å²) in [6.45, 7) is 3.44. The fourth-order valence-electron chi connectivity index (χ4n) is 3.16. The molecule has 1 aliphatic carbocycles. The minimum absolute atomic E-state index is 0.0886. The first-order valence-corrected chi connectivity index (χ1v) is 7.78. The fraction of sp³-hybridized carbons (Fsp3) is 0.625. The number of ether oxygens (including phenoxy) is 1. The number of amides is 1. The molecule has 0 aromatic carbocycles. The maximum Gasteiger partial charge on any atom is 0.261 e. The number of H-pyrrole nitrogens is 1. The zero-order valence-electron chi connectivity index (χ0n) is 12.4. The number of hydrogen-bond acceptors (Lipinski definition) is 3. The molecule has 0 unspecified atom stereocenters. The molecule has 1 aromatic heterocycles. The quantitative estimate of drug-likeness (QED) is 0.884. The van der Waals surface area contributed by atoms with Gasteiger partial charge in [-0.15, -0.1) is 0 Å². The maximum atomic E-state index is 12.2. The number of hydrogen-bond donors (Lipinski definition) is 2. The third-order valence-corrected chi connectivity index (χ3v) is 4.43. The number of pyridine rings is 1. The fourth-order valence-corrected chi connectivity index (χ4v) is 3.16. The van der Waals surface area contributed by atoms with Crippen LogP contribution in [0.4, 0.5) is 0 Å². The van der Waals surface area contributed by atoms with Gasteiger partial charge in [0.2, 0.25) is 0 Å². The summed E-state index contributed by atoms with van der Waals surface area (Å²) in [4.78, 5) is 27.1. The van der Waals surface area contributed by atoms with Gasteiger partial charge in [0.15, 0.2) is 0 Å². The summed E-state index contributed by atoms with van der Waals surface area (Å²) in [6, 6.07) is 1.77. The summed E-state index contributed by atoms with van der Waals surface area (Å²) in [7, 11) is 0. The van der Waals surface area contributed by atoms with Crippen molar-refractivity contribution in [2.24, 2.45) is 5.92 Å². The van der Waals surface area contributed by atoms with Gasteiger partial charge in [0.25, 0.3) is 11.5 Å². The molecule has 0 radical (unpaired) electrons. The second-order valence-electron chi connectivity index (χ2n) is 6.21. The number of aryl methyl sites for hydroxylation is 1. The van der Waals surface area contributed by atoms with Crippen molar-refractivity contribution < 1.29 is 9.53 Å². The van der Waals surface area contributed by atoms with Gasteiger partial charge in [-0.2, -0.15) is 0 Å². The Hall–Kier alpha value is -1.62. The van der Waals surface area contributed by atoms with Crippen LogP contribution >= 0.6 is 0 Å². The molecular formula is C16H22N2O3. The van der Waals surface area contributed by atoms with E-state index in [9.17, 15) is 9.59 Å². The van der Waals surface area contributed by atoms with Gasteiger partial charge in [0.1, 0.15) is 5.56 Å². The summed E-state index contributed by atoms with van der Waals surface area (Å²) in [6.07, 6.45) is 5.01. The van der Waals surface area contributed by atoms with Crippen LogP contribution in [0.1, 0.15) is 47.8 Å². The second kappa shape index (κ2) is 6.02. The molecule has 2 N–H and O–H groups in total. The number of aromatic nitrogens is 1. The third kappa shape index (κ3) is 3.18. The summed E-state index contributed by atoms with van der Waals surface area (Å²) >= 11 is 0. The summed E-state index contributed by atoms with van der Waals surface area (Å²) in [5.74, 6) is 0.305. The number of aromatic amines is 1. The highest BCUT2D eigenvalue weighted by Gasteiger charge is 2.21. The number of carbonyl (C=O) groups is 1. The van der Waals surface area contributed by atoms with E-state index in [0.29, 0.717) is 12.5 Å². The molecule has 0 bridgehead atoms. The second-order valence-corrected chi connectivity index (χ2v) is 6.21. The lowest BCUT2D eigenvalue weighted by Gasteiger charge is -2.21. The molecule has 3 rings (SSSR count). The smallest absolute Gasteiger partial charge is 0.261 e. The molecule has 1 aromatic rings. The van der Waals surface area contributed by atoms with Gasteiger partial charge in [-0.1, -0.05) is 6.92 Å². The van der Waals surface area contributed by atoms with Crippen molar-refractivity contribution in [3.05, 3.63) is 33.2 Å². The van der Waals surface area contributed by atoms with E-state index in [4.69, 9.17) is 4.74 Å². The normalized spacial score (nSPS) is 24.6. The molecule has 0 spiro atoms. The molecule has 5 heteroatoms. The molecule has 2 aliphatic rings. The molecular weight excluding hydrogens is 268 g/mol. The van der Waals surface area contributed by atoms with E-state index in [2.05, 4.69) is 17.2 Å². The first-order chi connectivity index (χ1) is 10.1. The van der Waals surface area contributed by atoms with E-state index >= 15 is 0 Å². The van der Waals surface area contributed by atoms with Gasteiger partial charge in [0.05, 0.1) is 6.10 Å². The molecule has 5 nitrogen and oxygen atoms in total. The van der Waals surface area contributed by atoms with Crippen LogP contribution in [0, 0.1) is 5.92 Å². The molecule has 114 valence electrons. The standard InChI is InChI=1S/C16H22N2O3/c1-10-4-5-14-11(7-10)8-13(16(20)18-14)15(19)17-9-12-3-2-6-21-12/h8,10,12H,2-7,9H2,1H3,(H,17,19)(H,18,20)/t10-,12-/m0/s1. The number of carbonyl (C=O) groups excluding carboxylic acids is 1. The van der Waals surface area contributed by atoms with Crippen LogP contribution < -0.4 is 10.9 Å². The van der Waals surface area contributed by atoms with E-state index in [1.165, 1.54) is 0 Å². The summed E-state index contributed by atoms with van der Waals surface area (Å²) < 4.78 is 5.47. The Labute approximate surface area is 124 Å². The van der Waals surface area contributed by atoms with Crippen molar-refractivity contribution in [3.63, 3.8) is 0 Å². The van der Waals surface area contributed by atoms with Crippen LogP contribution in [0.2, 0.25) is 0 Å². The van der Waals surface area contributed by atoms with Gasteiger partial charge in [0, 0.05) is 18.8 Å². The molecule has 1 amide bonds. The lowest BCUT2D eigenvalue weighted by atomic mass is 9.87. The predicted octanol–water partition coefficient (Wildman–Crippen LogP) is 1.41. The van der Waals surface area contributed by atoms with Crippen LogP contribution in [0.5, 0.6) is 0 Å². The highest BCUT2D eigenvalue weighted by Crippen LogP contribution is 2.23.